The molecule has 2 N–H and O–H groups in total. The molecule has 0 amide bonds. The smallest absolute Gasteiger partial charge is 0.163 e. The van der Waals surface area contributed by atoms with E-state index in [0.717, 1.165) is 28.1 Å². The second-order valence-corrected chi connectivity index (χ2v) is 6.23. The van der Waals surface area contributed by atoms with Gasteiger partial charge >= 0.3 is 0 Å². The number of benzene rings is 2. The van der Waals surface area contributed by atoms with Crippen LogP contribution in [0.15, 0.2) is 60.9 Å². The molecule has 2 aromatic heterocycles. The first kappa shape index (κ1) is 17.5. The highest BCUT2D eigenvalue weighted by atomic mass is 16.5. The van der Waals surface area contributed by atoms with Crippen molar-refractivity contribution in [2.45, 2.75) is 19.4 Å². The van der Waals surface area contributed by atoms with Crippen molar-refractivity contribution in [1.29, 1.82) is 5.26 Å². The summed E-state index contributed by atoms with van der Waals surface area (Å²) in [4.78, 5) is 8.45. The number of rotatable bonds is 6. The van der Waals surface area contributed by atoms with Crippen LogP contribution in [-0.2, 0) is 6.54 Å². The van der Waals surface area contributed by atoms with Crippen molar-refractivity contribution < 1.29 is 4.74 Å². The van der Waals surface area contributed by atoms with Gasteiger partial charge in [0.05, 0.1) is 11.5 Å². The van der Waals surface area contributed by atoms with Gasteiger partial charge in [0.15, 0.2) is 5.65 Å². The molecule has 0 atom stereocenters. The molecule has 0 aliphatic heterocycles. The summed E-state index contributed by atoms with van der Waals surface area (Å²) in [7, 11) is 0. The maximum atomic E-state index is 8.78. The second kappa shape index (κ2) is 7.76. The summed E-state index contributed by atoms with van der Waals surface area (Å²) in [5, 5.41) is 14.2. The van der Waals surface area contributed by atoms with Crippen LogP contribution in [0, 0.1) is 11.3 Å². The van der Waals surface area contributed by atoms with Gasteiger partial charge in [-0.25, -0.2) is 14.6 Å². The number of ether oxygens (including phenoxy) is 1. The number of fused-ring (bicyclic) bond motifs is 1. The molecule has 2 heterocycles. The summed E-state index contributed by atoms with van der Waals surface area (Å²) >= 11 is 0. The number of nitriles is 1. The number of unbranched alkanes of at least 4 members (excludes halogenated alkanes) is 1. The Kier molecular flexibility index (Phi) is 4.85. The van der Waals surface area contributed by atoms with E-state index in [2.05, 4.69) is 21.1 Å². The number of hydrogen-bond acceptors (Lipinski definition) is 6. The molecule has 0 saturated carbocycles. The molecule has 4 aromatic rings. The highest BCUT2D eigenvalue weighted by Crippen LogP contribution is 2.32. The molecule has 0 unspecified atom stereocenters. The van der Waals surface area contributed by atoms with Gasteiger partial charge in [-0.1, -0.05) is 18.2 Å². The quantitative estimate of drug-likeness (QED) is 0.511. The van der Waals surface area contributed by atoms with E-state index in [1.165, 1.54) is 6.33 Å². The number of aryl methyl sites for hydroxylation is 1. The Hall–Kier alpha value is -3.92. The number of hydrogen-bond donors (Lipinski definition) is 1. The Labute approximate surface area is 162 Å². The summed E-state index contributed by atoms with van der Waals surface area (Å²) in [6.45, 7) is 0.593. The Balaban J connectivity index is 1.67. The lowest BCUT2D eigenvalue weighted by Gasteiger charge is -2.06. The zero-order valence-electron chi connectivity index (χ0n) is 15.1. The number of aromatic nitrogens is 4. The van der Waals surface area contributed by atoms with Crippen molar-refractivity contribution in [3.63, 3.8) is 0 Å². The van der Waals surface area contributed by atoms with E-state index in [9.17, 15) is 0 Å². The van der Waals surface area contributed by atoms with Gasteiger partial charge in [-0.2, -0.15) is 10.4 Å². The van der Waals surface area contributed by atoms with Crippen molar-refractivity contribution in [1.82, 2.24) is 19.7 Å². The molecule has 0 bridgehead atoms. The SMILES string of the molecule is N#CCCCn1nc(-c2ccc(Oc3ccccc3)cc2)c2c(N)ncnc21. The summed E-state index contributed by atoms with van der Waals surface area (Å²) in [5.41, 5.74) is 8.40. The van der Waals surface area contributed by atoms with Crippen LogP contribution in [0.2, 0.25) is 0 Å². The molecule has 0 aliphatic carbocycles. The first-order valence-corrected chi connectivity index (χ1v) is 8.93. The van der Waals surface area contributed by atoms with Crippen LogP contribution in [0.3, 0.4) is 0 Å². The first-order chi connectivity index (χ1) is 13.8. The molecule has 0 radical (unpaired) electrons. The van der Waals surface area contributed by atoms with Crippen LogP contribution in [0.25, 0.3) is 22.3 Å². The highest BCUT2D eigenvalue weighted by molar-refractivity contribution is 5.98. The van der Waals surface area contributed by atoms with Crippen LogP contribution in [0.4, 0.5) is 5.82 Å². The number of para-hydroxylation sites is 1. The van der Waals surface area contributed by atoms with Crippen molar-refractivity contribution in [2.24, 2.45) is 0 Å². The first-order valence-electron chi connectivity index (χ1n) is 8.93. The largest absolute Gasteiger partial charge is 0.457 e. The molecule has 0 aliphatic rings. The topological polar surface area (TPSA) is 103 Å². The molecule has 138 valence electrons. The Bertz CT molecular complexity index is 1130. The summed E-state index contributed by atoms with van der Waals surface area (Å²) in [5.74, 6) is 1.90. The number of nitrogen functional groups attached to an aromatic ring is 1. The molecular formula is C21H18N6O. The lowest BCUT2D eigenvalue weighted by molar-refractivity contribution is 0.483. The Morgan fingerprint density at radius 1 is 1.00 bits per heavy atom. The second-order valence-electron chi connectivity index (χ2n) is 6.23. The van der Waals surface area contributed by atoms with Gasteiger partial charge in [0.2, 0.25) is 0 Å². The standard InChI is InChI=1S/C21H18N6O/c22-12-4-5-13-27-21-18(20(23)24-14-25-21)19(26-27)15-8-10-17(11-9-15)28-16-6-2-1-3-7-16/h1-3,6-11,14H,4-5,13H2,(H2,23,24,25). The fraction of sp³-hybridized carbons (Fsp3) is 0.143. The molecule has 0 saturated heterocycles. The van der Waals surface area contributed by atoms with E-state index in [1.807, 2.05) is 54.6 Å². The Morgan fingerprint density at radius 3 is 2.50 bits per heavy atom. The van der Waals surface area contributed by atoms with Crippen molar-refractivity contribution in [3.8, 4) is 28.8 Å². The van der Waals surface area contributed by atoms with Crippen molar-refractivity contribution in [3.05, 3.63) is 60.9 Å². The van der Waals surface area contributed by atoms with E-state index in [1.54, 1.807) is 4.68 Å². The average molecular weight is 370 g/mol. The zero-order chi connectivity index (χ0) is 19.3. The highest BCUT2D eigenvalue weighted by Gasteiger charge is 2.16. The minimum absolute atomic E-state index is 0.385. The van der Waals surface area contributed by atoms with Crippen molar-refractivity contribution >= 4 is 16.9 Å². The molecular weight excluding hydrogens is 352 g/mol. The van der Waals surface area contributed by atoms with Crippen LogP contribution in [0.1, 0.15) is 12.8 Å². The fourth-order valence-electron chi connectivity index (χ4n) is 3.00. The van der Waals surface area contributed by atoms with Crippen molar-refractivity contribution in [2.75, 3.05) is 5.73 Å². The molecule has 28 heavy (non-hydrogen) atoms. The van der Waals surface area contributed by atoms with Gasteiger partial charge in [-0.05, 0) is 42.8 Å². The monoisotopic (exact) mass is 370 g/mol. The average Bonchev–Trinajstić information content (AvgIpc) is 3.10. The van der Waals surface area contributed by atoms with E-state index in [-0.39, 0.29) is 0 Å². The minimum atomic E-state index is 0.385. The summed E-state index contributed by atoms with van der Waals surface area (Å²) in [6, 6.07) is 19.4. The number of nitrogens with zero attached hydrogens (tertiary/aromatic N) is 5. The summed E-state index contributed by atoms with van der Waals surface area (Å²) in [6.07, 6.45) is 2.59. The third-order valence-electron chi connectivity index (χ3n) is 4.32. The third-order valence-corrected chi connectivity index (χ3v) is 4.32. The van der Waals surface area contributed by atoms with Crippen LogP contribution < -0.4 is 10.5 Å². The number of anilines is 1. The van der Waals surface area contributed by atoms with Gasteiger partial charge in [0.25, 0.3) is 0 Å². The molecule has 0 spiro atoms. The summed E-state index contributed by atoms with van der Waals surface area (Å²) < 4.78 is 7.63. The number of nitrogens with two attached hydrogens (primary N) is 1. The lowest BCUT2D eigenvalue weighted by atomic mass is 10.1. The Morgan fingerprint density at radius 2 is 1.75 bits per heavy atom. The van der Waals surface area contributed by atoms with Crippen LogP contribution >= 0.6 is 0 Å². The molecule has 7 nitrogen and oxygen atoms in total. The molecule has 2 aromatic carbocycles. The maximum absolute atomic E-state index is 8.78. The minimum Gasteiger partial charge on any atom is -0.457 e. The van der Waals surface area contributed by atoms with Gasteiger partial charge < -0.3 is 10.5 Å². The predicted octanol–water partition coefficient (Wildman–Crippen LogP) is 4.17. The van der Waals surface area contributed by atoms with E-state index < -0.39 is 0 Å². The normalized spacial score (nSPS) is 10.7. The van der Waals surface area contributed by atoms with Gasteiger partial charge in [-0.15, -0.1) is 0 Å². The molecule has 0 fully saturated rings. The van der Waals surface area contributed by atoms with Crippen LogP contribution in [0.5, 0.6) is 11.5 Å². The lowest BCUT2D eigenvalue weighted by Crippen LogP contribution is -2.01. The molecule has 7 heteroatoms. The zero-order valence-corrected chi connectivity index (χ0v) is 15.1. The molecule has 4 rings (SSSR count). The van der Waals surface area contributed by atoms with E-state index in [4.69, 9.17) is 15.7 Å². The van der Waals surface area contributed by atoms with Gasteiger partial charge in [-0.3, -0.25) is 0 Å². The van der Waals surface area contributed by atoms with Gasteiger partial charge in [0.1, 0.15) is 29.3 Å². The maximum Gasteiger partial charge on any atom is 0.163 e. The van der Waals surface area contributed by atoms with E-state index in [0.29, 0.717) is 30.9 Å². The fourth-order valence-corrected chi connectivity index (χ4v) is 3.00. The predicted molar refractivity (Wildman–Crippen MR) is 107 cm³/mol. The third kappa shape index (κ3) is 3.48. The van der Waals surface area contributed by atoms with Crippen LogP contribution in [-0.4, -0.2) is 19.7 Å². The van der Waals surface area contributed by atoms with E-state index >= 15 is 0 Å². The van der Waals surface area contributed by atoms with Gasteiger partial charge in [0, 0.05) is 18.5 Å².